The number of aliphatic hydroxyl groups is 1. The van der Waals surface area contributed by atoms with E-state index in [2.05, 4.69) is 28.1 Å². The Morgan fingerprint density at radius 1 is 1.46 bits per heavy atom. The predicted molar refractivity (Wildman–Crippen MR) is 56.6 cm³/mol. The minimum absolute atomic E-state index is 0.130. The second kappa shape index (κ2) is 3.81. The van der Waals surface area contributed by atoms with Crippen molar-refractivity contribution in [3.63, 3.8) is 0 Å². The summed E-state index contributed by atoms with van der Waals surface area (Å²) in [5.41, 5.74) is 1.22. The van der Waals surface area contributed by atoms with Crippen LogP contribution in [0.15, 0.2) is 28.7 Å². The second-order valence-electron chi connectivity index (χ2n) is 3.74. The first-order chi connectivity index (χ1) is 6.25. The molecule has 1 N–H and O–H groups in total. The third kappa shape index (κ3) is 2.55. The molecule has 0 spiro atoms. The fourth-order valence-electron chi connectivity index (χ4n) is 1.55. The van der Waals surface area contributed by atoms with Crippen LogP contribution < -0.4 is 0 Å². The smallest absolute Gasteiger partial charge is 0.0608 e. The number of hydrogen-bond acceptors (Lipinski definition) is 1. The van der Waals surface area contributed by atoms with Crippen LogP contribution in [0.5, 0.6) is 0 Å². The number of benzene rings is 1. The molecule has 0 heterocycles. The van der Waals surface area contributed by atoms with Crippen LogP contribution in [-0.2, 0) is 6.42 Å². The highest BCUT2D eigenvalue weighted by Gasteiger charge is 2.29. The molecule has 2 rings (SSSR count). The molecule has 1 atom stereocenters. The van der Waals surface area contributed by atoms with Gasteiger partial charge >= 0.3 is 0 Å². The van der Waals surface area contributed by atoms with E-state index in [0.29, 0.717) is 5.92 Å². The van der Waals surface area contributed by atoms with Gasteiger partial charge in [0.15, 0.2) is 0 Å². The molecule has 1 aromatic carbocycles. The van der Waals surface area contributed by atoms with Gasteiger partial charge in [0.05, 0.1) is 6.10 Å². The Balaban J connectivity index is 2.00. The third-order valence-electron chi connectivity index (χ3n) is 2.50. The first-order valence-electron chi connectivity index (χ1n) is 4.68. The molecule has 1 saturated carbocycles. The van der Waals surface area contributed by atoms with Gasteiger partial charge in [-0.05, 0) is 42.9 Å². The average molecular weight is 241 g/mol. The van der Waals surface area contributed by atoms with Crippen molar-refractivity contribution in [2.75, 3.05) is 0 Å². The van der Waals surface area contributed by atoms with Gasteiger partial charge in [-0.25, -0.2) is 0 Å². The van der Waals surface area contributed by atoms with Crippen molar-refractivity contribution in [3.05, 3.63) is 34.3 Å². The Morgan fingerprint density at radius 2 is 2.23 bits per heavy atom. The Labute approximate surface area is 86.9 Å². The van der Waals surface area contributed by atoms with Crippen LogP contribution in [0.2, 0.25) is 0 Å². The van der Waals surface area contributed by atoms with Crippen molar-refractivity contribution in [2.24, 2.45) is 5.92 Å². The number of rotatable bonds is 3. The second-order valence-corrected chi connectivity index (χ2v) is 4.65. The highest BCUT2D eigenvalue weighted by molar-refractivity contribution is 9.10. The molecular formula is C11H13BrO. The minimum Gasteiger partial charge on any atom is -0.392 e. The molecule has 13 heavy (non-hydrogen) atoms. The van der Waals surface area contributed by atoms with Crippen molar-refractivity contribution in [3.8, 4) is 0 Å². The molecule has 0 aliphatic heterocycles. The maximum atomic E-state index is 9.72. The Bertz CT molecular complexity index is 294. The Morgan fingerprint density at radius 3 is 2.85 bits per heavy atom. The summed E-state index contributed by atoms with van der Waals surface area (Å²) in [5, 5.41) is 9.72. The predicted octanol–water partition coefficient (Wildman–Crippen LogP) is 2.76. The van der Waals surface area contributed by atoms with Crippen molar-refractivity contribution in [1.82, 2.24) is 0 Å². The van der Waals surface area contributed by atoms with E-state index in [1.165, 1.54) is 18.4 Å². The molecule has 70 valence electrons. The zero-order chi connectivity index (χ0) is 9.26. The van der Waals surface area contributed by atoms with E-state index in [9.17, 15) is 5.11 Å². The third-order valence-corrected chi connectivity index (χ3v) is 2.99. The zero-order valence-corrected chi connectivity index (χ0v) is 9.00. The SMILES string of the molecule is OC(Cc1cccc(Br)c1)C1CC1. The summed E-state index contributed by atoms with van der Waals surface area (Å²) in [6.45, 7) is 0. The molecule has 1 aliphatic carbocycles. The Kier molecular flexibility index (Phi) is 2.70. The fraction of sp³-hybridized carbons (Fsp3) is 0.455. The van der Waals surface area contributed by atoms with Crippen LogP contribution >= 0.6 is 15.9 Å². The van der Waals surface area contributed by atoms with Gasteiger partial charge in [0.2, 0.25) is 0 Å². The monoisotopic (exact) mass is 240 g/mol. The van der Waals surface area contributed by atoms with E-state index < -0.39 is 0 Å². The summed E-state index contributed by atoms with van der Waals surface area (Å²) in [5.74, 6) is 0.569. The van der Waals surface area contributed by atoms with E-state index in [4.69, 9.17) is 0 Å². The highest BCUT2D eigenvalue weighted by atomic mass is 79.9. The molecule has 0 bridgehead atoms. The van der Waals surface area contributed by atoms with E-state index in [1.807, 2.05) is 12.1 Å². The largest absolute Gasteiger partial charge is 0.392 e. The standard InChI is InChI=1S/C11H13BrO/c12-10-3-1-2-8(6-10)7-11(13)9-4-5-9/h1-3,6,9,11,13H,4-5,7H2. The van der Waals surface area contributed by atoms with Crippen molar-refractivity contribution in [1.29, 1.82) is 0 Å². The Hall–Kier alpha value is -0.340. The molecule has 1 aromatic rings. The summed E-state index contributed by atoms with van der Waals surface area (Å²) in [7, 11) is 0. The fourth-order valence-corrected chi connectivity index (χ4v) is 2.00. The molecule has 2 heteroatoms. The van der Waals surface area contributed by atoms with Crippen LogP contribution in [-0.4, -0.2) is 11.2 Å². The van der Waals surface area contributed by atoms with Gasteiger partial charge in [-0.2, -0.15) is 0 Å². The summed E-state index contributed by atoms with van der Waals surface area (Å²) < 4.78 is 1.09. The number of halogens is 1. The molecule has 0 radical (unpaired) electrons. The van der Waals surface area contributed by atoms with E-state index in [-0.39, 0.29) is 6.10 Å². The lowest BCUT2D eigenvalue weighted by Gasteiger charge is -2.08. The molecule has 0 amide bonds. The van der Waals surface area contributed by atoms with Gasteiger partial charge in [-0.1, -0.05) is 28.1 Å². The maximum Gasteiger partial charge on any atom is 0.0608 e. The molecule has 1 aliphatic rings. The van der Waals surface area contributed by atoms with Crippen LogP contribution in [0.3, 0.4) is 0 Å². The zero-order valence-electron chi connectivity index (χ0n) is 7.41. The topological polar surface area (TPSA) is 20.2 Å². The first-order valence-corrected chi connectivity index (χ1v) is 5.47. The van der Waals surface area contributed by atoms with Gasteiger partial charge in [0.1, 0.15) is 0 Å². The summed E-state index contributed by atoms with van der Waals surface area (Å²) in [4.78, 5) is 0. The summed E-state index contributed by atoms with van der Waals surface area (Å²) in [6, 6.07) is 8.16. The number of hydrogen-bond donors (Lipinski definition) is 1. The summed E-state index contributed by atoms with van der Waals surface area (Å²) >= 11 is 3.42. The number of aliphatic hydroxyl groups excluding tert-OH is 1. The molecule has 1 unspecified atom stereocenters. The lowest BCUT2D eigenvalue weighted by atomic mass is 10.1. The first kappa shape index (κ1) is 9.22. The van der Waals surface area contributed by atoms with Crippen molar-refractivity contribution in [2.45, 2.75) is 25.4 Å². The molecular weight excluding hydrogens is 228 g/mol. The van der Waals surface area contributed by atoms with Gasteiger partial charge in [-0.15, -0.1) is 0 Å². The summed E-state index contributed by atoms with van der Waals surface area (Å²) in [6.07, 6.45) is 3.07. The van der Waals surface area contributed by atoms with E-state index in [0.717, 1.165) is 10.9 Å². The quantitative estimate of drug-likeness (QED) is 0.862. The van der Waals surface area contributed by atoms with Crippen LogP contribution in [0, 0.1) is 5.92 Å². The lowest BCUT2D eigenvalue weighted by molar-refractivity contribution is 0.151. The van der Waals surface area contributed by atoms with Gasteiger partial charge in [-0.3, -0.25) is 0 Å². The van der Waals surface area contributed by atoms with Crippen LogP contribution in [0.4, 0.5) is 0 Å². The minimum atomic E-state index is -0.130. The van der Waals surface area contributed by atoms with Crippen molar-refractivity contribution >= 4 is 15.9 Å². The van der Waals surface area contributed by atoms with Crippen LogP contribution in [0.1, 0.15) is 18.4 Å². The van der Waals surface area contributed by atoms with Crippen LogP contribution in [0.25, 0.3) is 0 Å². The molecule has 1 fully saturated rings. The van der Waals surface area contributed by atoms with Gasteiger partial charge in [0.25, 0.3) is 0 Å². The molecule has 0 aromatic heterocycles. The van der Waals surface area contributed by atoms with E-state index in [1.54, 1.807) is 0 Å². The average Bonchev–Trinajstić information content (AvgIpc) is 2.85. The van der Waals surface area contributed by atoms with Gasteiger partial charge < -0.3 is 5.11 Å². The van der Waals surface area contributed by atoms with E-state index >= 15 is 0 Å². The normalized spacial score (nSPS) is 18.6. The molecule has 0 saturated heterocycles. The van der Waals surface area contributed by atoms with Crippen molar-refractivity contribution < 1.29 is 5.11 Å². The highest BCUT2D eigenvalue weighted by Crippen LogP contribution is 2.34. The maximum absolute atomic E-state index is 9.72. The molecule has 1 nitrogen and oxygen atoms in total. The lowest BCUT2D eigenvalue weighted by Crippen LogP contribution is -2.12. The van der Waals surface area contributed by atoms with Gasteiger partial charge in [0, 0.05) is 4.47 Å².